The number of benzene rings is 3. The lowest BCUT2D eigenvalue weighted by Gasteiger charge is -2.18. The molecule has 0 saturated carbocycles. The van der Waals surface area contributed by atoms with E-state index in [9.17, 15) is 8.78 Å². The van der Waals surface area contributed by atoms with Crippen molar-refractivity contribution in [1.29, 1.82) is 0 Å². The van der Waals surface area contributed by atoms with Crippen LogP contribution in [0, 0.1) is 11.6 Å². The van der Waals surface area contributed by atoms with Gasteiger partial charge in [0.2, 0.25) is 0 Å². The normalized spacial score (nSPS) is 11.6. The van der Waals surface area contributed by atoms with Crippen molar-refractivity contribution in [1.82, 2.24) is 4.98 Å². The molecule has 0 saturated heterocycles. The molecule has 0 bridgehead atoms. The minimum absolute atomic E-state index is 0.0700. The molecule has 0 fully saturated rings. The van der Waals surface area contributed by atoms with Gasteiger partial charge in [-0.2, -0.15) is 4.40 Å². The van der Waals surface area contributed by atoms with Crippen molar-refractivity contribution in [2.75, 3.05) is 0 Å². The van der Waals surface area contributed by atoms with Gasteiger partial charge in [-0.3, -0.25) is 0 Å². The summed E-state index contributed by atoms with van der Waals surface area (Å²) in [6, 6.07) is 26.1. The number of hydrogen-bond acceptors (Lipinski definition) is 6. The maximum Gasteiger partial charge on any atom is 0.197 e. The summed E-state index contributed by atoms with van der Waals surface area (Å²) in [5.74, 6) is -0.0277. The third kappa shape index (κ3) is 8.85. The van der Waals surface area contributed by atoms with Gasteiger partial charge in [0, 0.05) is 44.8 Å². The average Bonchev–Trinajstić information content (AvgIpc) is 2.90. The van der Waals surface area contributed by atoms with E-state index in [1.54, 1.807) is 60.1 Å². The fourth-order valence-corrected chi connectivity index (χ4v) is 6.18. The smallest absolute Gasteiger partial charge is 0.197 e. The quantitative estimate of drug-likeness (QED) is 0.0484. The Kier molecular flexibility index (Phi) is 10.1. The number of rotatable bonds is 10. The molecule has 0 aliphatic rings. The number of aromatic nitrogens is 1. The van der Waals surface area contributed by atoms with Gasteiger partial charge in [0.25, 0.3) is 0 Å². The molecule has 0 aliphatic carbocycles. The molecular formula is C27H21ClF2N2OS3. The summed E-state index contributed by atoms with van der Waals surface area (Å²) < 4.78 is 37.7. The van der Waals surface area contributed by atoms with Crippen LogP contribution in [0.25, 0.3) is 0 Å². The predicted octanol–water partition coefficient (Wildman–Crippen LogP) is 8.94. The molecule has 3 aromatic carbocycles. The highest BCUT2D eigenvalue weighted by Gasteiger charge is 2.18. The lowest BCUT2D eigenvalue weighted by molar-refractivity contribution is 0.285. The molecule has 0 radical (unpaired) electrons. The van der Waals surface area contributed by atoms with Crippen LogP contribution >= 0.6 is 47.1 Å². The van der Waals surface area contributed by atoms with Crippen LogP contribution in [-0.2, 0) is 11.3 Å². The van der Waals surface area contributed by atoms with Gasteiger partial charge in [-0.1, -0.05) is 35.9 Å². The summed E-state index contributed by atoms with van der Waals surface area (Å²) in [6.07, 6.45) is 2.15. The molecule has 0 spiro atoms. The molecule has 1 heterocycles. The molecule has 0 aliphatic heterocycles. The second-order valence-electron chi connectivity index (χ2n) is 7.44. The molecule has 0 unspecified atom stereocenters. The number of thioether (sulfide) groups is 2. The third-order valence-corrected chi connectivity index (χ3v) is 8.22. The minimum Gasteiger partial charge on any atom is -0.475 e. The SMILES string of the molecule is Fc1ccc(SC(C/C(=N/Sc2ccccc2)OCc2ccc(Cl)nc2)Sc2ccc(F)cc2)cc1. The molecule has 0 atom stereocenters. The van der Waals surface area contributed by atoms with Gasteiger partial charge >= 0.3 is 0 Å². The Morgan fingerprint density at radius 1 is 0.806 bits per heavy atom. The average molecular weight is 559 g/mol. The van der Waals surface area contributed by atoms with Gasteiger partial charge in [0.05, 0.1) is 4.58 Å². The number of pyridine rings is 1. The summed E-state index contributed by atoms with van der Waals surface area (Å²) in [4.78, 5) is 6.92. The van der Waals surface area contributed by atoms with Crippen LogP contribution in [0.2, 0.25) is 5.15 Å². The fraction of sp³-hybridized carbons (Fsp3) is 0.111. The third-order valence-electron chi connectivity index (χ3n) is 4.69. The zero-order valence-electron chi connectivity index (χ0n) is 18.9. The van der Waals surface area contributed by atoms with E-state index in [2.05, 4.69) is 4.98 Å². The van der Waals surface area contributed by atoms with Crippen molar-refractivity contribution in [3.8, 4) is 0 Å². The zero-order valence-corrected chi connectivity index (χ0v) is 22.1. The Hall–Kier alpha value is -2.52. The number of nitrogens with zero attached hydrogens (tertiary/aromatic N) is 2. The van der Waals surface area contributed by atoms with Crippen LogP contribution in [0.3, 0.4) is 0 Å². The van der Waals surface area contributed by atoms with Crippen molar-refractivity contribution in [3.05, 3.63) is 120 Å². The predicted molar refractivity (Wildman–Crippen MR) is 147 cm³/mol. The maximum absolute atomic E-state index is 13.5. The first-order valence-corrected chi connectivity index (χ1v) is 13.8. The molecule has 9 heteroatoms. The van der Waals surface area contributed by atoms with Crippen LogP contribution in [0.5, 0.6) is 0 Å². The second-order valence-corrected chi connectivity index (χ2v) is 11.5. The van der Waals surface area contributed by atoms with E-state index in [4.69, 9.17) is 20.7 Å². The van der Waals surface area contributed by atoms with Gasteiger partial charge in [-0.05, 0) is 66.7 Å². The van der Waals surface area contributed by atoms with Crippen molar-refractivity contribution in [2.45, 2.75) is 32.3 Å². The van der Waals surface area contributed by atoms with E-state index >= 15 is 0 Å². The first-order valence-electron chi connectivity index (χ1n) is 10.9. The highest BCUT2D eigenvalue weighted by atomic mass is 35.5. The Morgan fingerprint density at radius 3 is 1.97 bits per heavy atom. The standard InChI is InChI=1S/C27H21ClF2N2OS3/c28-25-15-6-19(17-31-25)18-33-26(32-36-24-4-2-1-3-5-24)16-27(34-22-11-7-20(29)8-12-22)35-23-13-9-21(30)10-14-23/h1-15,17,27H,16,18H2/b32-26-. The van der Waals surface area contributed by atoms with Crippen LogP contribution in [0.4, 0.5) is 8.78 Å². The van der Waals surface area contributed by atoms with E-state index in [0.717, 1.165) is 20.2 Å². The van der Waals surface area contributed by atoms with Crippen LogP contribution in [0.1, 0.15) is 12.0 Å². The molecule has 36 heavy (non-hydrogen) atoms. The minimum atomic E-state index is -0.288. The van der Waals surface area contributed by atoms with Crippen molar-refractivity contribution >= 4 is 53.0 Å². The lowest BCUT2D eigenvalue weighted by atomic mass is 10.3. The second kappa shape index (κ2) is 13.7. The lowest BCUT2D eigenvalue weighted by Crippen LogP contribution is -2.11. The van der Waals surface area contributed by atoms with Gasteiger partial charge in [0.1, 0.15) is 23.4 Å². The van der Waals surface area contributed by atoms with Crippen molar-refractivity contribution in [2.24, 2.45) is 4.40 Å². The summed E-state index contributed by atoms with van der Waals surface area (Å²) >= 11 is 10.4. The Labute approximate surface area is 226 Å². The van der Waals surface area contributed by atoms with E-state index in [0.29, 0.717) is 17.5 Å². The van der Waals surface area contributed by atoms with Crippen molar-refractivity contribution < 1.29 is 13.5 Å². The van der Waals surface area contributed by atoms with E-state index in [-0.39, 0.29) is 22.8 Å². The van der Waals surface area contributed by atoms with Crippen LogP contribution in [0.15, 0.2) is 116 Å². The van der Waals surface area contributed by atoms with E-state index < -0.39 is 0 Å². The summed E-state index contributed by atoms with van der Waals surface area (Å²) in [5.41, 5.74) is 0.866. The molecule has 0 N–H and O–H groups in total. The Bertz CT molecular complexity index is 1210. The summed E-state index contributed by atoms with van der Waals surface area (Å²) in [5, 5.41) is 0.415. The topological polar surface area (TPSA) is 34.5 Å². The molecular weight excluding hydrogens is 538 g/mol. The molecule has 184 valence electrons. The van der Waals surface area contributed by atoms with Gasteiger partial charge in [0.15, 0.2) is 5.90 Å². The summed E-state index contributed by atoms with van der Waals surface area (Å²) in [7, 11) is 0. The van der Waals surface area contributed by atoms with E-state index in [1.807, 2.05) is 36.4 Å². The van der Waals surface area contributed by atoms with Gasteiger partial charge in [-0.25, -0.2) is 13.8 Å². The number of halogens is 3. The fourth-order valence-electron chi connectivity index (χ4n) is 2.95. The molecule has 0 amide bonds. The molecule has 4 aromatic rings. The first kappa shape index (κ1) is 26.5. The molecule has 1 aromatic heterocycles. The first-order chi connectivity index (χ1) is 17.5. The number of ether oxygens (including phenoxy) is 1. The van der Waals surface area contributed by atoms with Gasteiger partial charge in [-0.15, -0.1) is 23.5 Å². The maximum atomic E-state index is 13.5. The van der Waals surface area contributed by atoms with E-state index in [1.165, 1.54) is 36.2 Å². The van der Waals surface area contributed by atoms with Crippen LogP contribution in [-0.4, -0.2) is 15.5 Å². The highest BCUT2D eigenvalue weighted by molar-refractivity contribution is 8.17. The Morgan fingerprint density at radius 2 is 1.42 bits per heavy atom. The molecule has 4 rings (SSSR count). The number of hydrogen-bond donors (Lipinski definition) is 0. The Balaban J connectivity index is 1.55. The highest BCUT2D eigenvalue weighted by Crippen LogP contribution is 2.38. The summed E-state index contributed by atoms with van der Waals surface area (Å²) in [6.45, 7) is 0.285. The zero-order chi connectivity index (χ0) is 25.2. The molecule has 3 nitrogen and oxygen atoms in total. The van der Waals surface area contributed by atoms with Crippen molar-refractivity contribution in [3.63, 3.8) is 0 Å². The monoisotopic (exact) mass is 558 g/mol. The van der Waals surface area contributed by atoms with Crippen LogP contribution < -0.4 is 0 Å². The van der Waals surface area contributed by atoms with Gasteiger partial charge < -0.3 is 4.74 Å². The largest absolute Gasteiger partial charge is 0.475 e.